The topological polar surface area (TPSA) is 374 Å². The normalized spacial score (nSPS) is 24.3. The first-order valence-electron chi connectivity index (χ1n) is 44.8. The fourth-order valence-electron chi connectivity index (χ4n) is 16.9. The fraction of sp³-hybridized carbons (Fsp3) is 0.520. The number of aliphatic hydroxyl groups is 16. The predicted molar refractivity (Wildman–Crippen MR) is 483 cm³/mol. The number of alkyl halides is 3. The Hall–Kier alpha value is -7.41. The van der Waals surface area contributed by atoms with Gasteiger partial charge in [0.2, 0.25) is 0 Å². The van der Waals surface area contributed by atoms with Crippen LogP contribution >= 0.6 is 0 Å². The number of aliphatic hydroxyl groups excluding tert-OH is 16. The second-order valence-corrected chi connectivity index (χ2v) is 34.0. The molecular weight excluding hydrogens is 1630 g/mol. The molecule has 16 N–H and O–H groups in total. The Morgan fingerprint density at radius 1 is 0.283 bits per heavy atom. The summed E-state index contributed by atoms with van der Waals surface area (Å²) >= 11 is 0. The van der Waals surface area contributed by atoms with Gasteiger partial charge in [-0.1, -0.05) is 188 Å². The molecule has 16 atom stereocenters. The van der Waals surface area contributed by atoms with Crippen LogP contribution in [0.5, 0.6) is 0 Å². The van der Waals surface area contributed by atoms with E-state index in [-0.39, 0.29) is 52.6 Å². The summed E-state index contributed by atoms with van der Waals surface area (Å²) < 4.78 is 61.9. The molecule has 0 saturated carbocycles. The molecule has 24 nitrogen and oxygen atoms in total. The summed E-state index contributed by atoms with van der Waals surface area (Å²) in [6.45, 7) is 13.6. The quantitative estimate of drug-likeness (QED) is 0.0159. The van der Waals surface area contributed by atoms with Gasteiger partial charge in [-0.15, -0.1) is 0 Å². The number of hydrogen-bond donors (Lipinski definition) is 16. The van der Waals surface area contributed by atoms with E-state index in [1.165, 1.54) is 56.1 Å². The van der Waals surface area contributed by atoms with Gasteiger partial charge in [-0.3, -0.25) is 19.6 Å². The molecule has 27 heteroatoms. The van der Waals surface area contributed by atoms with Crippen molar-refractivity contribution in [2.24, 2.45) is 0 Å². The maximum absolute atomic E-state index is 12.9. The minimum Gasteiger partial charge on any atom is -0.395 e. The van der Waals surface area contributed by atoms with Crippen LogP contribution in [0.4, 0.5) is 13.2 Å². The van der Waals surface area contributed by atoms with Crippen LogP contribution in [0.25, 0.3) is 44.5 Å². The molecule has 0 aliphatic carbocycles. The maximum Gasteiger partial charge on any atom is 0.416 e. The minimum atomic E-state index is -4.37. The Kier molecular flexibility index (Phi) is 43.8. The summed E-state index contributed by atoms with van der Waals surface area (Å²) in [4.78, 5) is 7.38. The van der Waals surface area contributed by atoms with Gasteiger partial charge in [-0.25, -0.2) is 0 Å². The van der Waals surface area contributed by atoms with Crippen LogP contribution in [-0.4, -0.2) is 304 Å². The van der Waals surface area contributed by atoms with Gasteiger partial charge in [0, 0.05) is 52.6 Å². The molecule has 0 amide bonds. The van der Waals surface area contributed by atoms with E-state index in [9.17, 15) is 94.9 Å². The molecule has 4 fully saturated rings. The highest BCUT2D eigenvalue weighted by molar-refractivity contribution is 5.69. The van der Waals surface area contributed by atoms with Crippen LogP contribution in [0.15, 0.2) is 194 Å². The number of nitrogens with zero attached hydrogens (tertiary/aromatic N) is 4. The van der Waals surface area contributed by atoms with Gasteiger partial charge in [-0.2, -0.15) is 13.2 Å². The van der Waals surface area contributed by atoms with Crippen LogP contribution in [-0.2, 0) is 51.6 Å². The van der Waals surface area contributed by atoms with E-state index >= 15 is 0 Å². The monoisotopic (exact) mass is 1770 g/mol. The van der Waals surface area contributed by atoms with E-state index in [1.54, 1.807) is 23.1 Å². The molecule has 0 aromatic heterocycles. The molecule has 8 aromatic rings. The van der Waals surface area contributed by atoms with Crippen LogP contribution in [0, 0.1) is 20.8 Å². The Labute approximate surface area is 746 Å². The molecule has 127 heavy (non-hydrogen) atoms. The summed E-state index contributed by atoms with van der Waals surface area (Å²) in [5.74, 6) is 0. The molecule has 0 unspecified atom stereocenters. The molecule has 4 heterocycles. The Balaban J connectivity index is 0.000000191. The van der Waals surface area contributed by atoms with E-state index in [0.717, 1.165) is 111 Å². The smallest absolute Gasteiger partial charge is 0.395 e. The van der Waals surface area contributed by atoms with Crippen molar-refractivity contribution in [2.75, 3.05) is 105 Å². The van der Waals surface area contributed by atoms with Crippen molar-refractivity contribution in [3.05, 3.63) is 239 Å². The number of ether oxygens (including phenoxy) is 4. The average Bonchev–Trinajstić information content (AvgIpc) is 0.823. The van der Waals surface area contributed by atoms with E-state index < -0.39 is 109 Å². The van der Waals surface area contributed by atoms with Gasteiger partial charge < -0.3 is 101 Å². The fourth-order valence-corrected chi connectivity index (χ4v) is 16.9. The second kappa shape index (κ2) is 53.8. The lowest BCUT2D eigenvalue weighted by atomic mass is 9.94. The van der Waals surface area contributed by atoms with Crippen molar-refractivity contribution < 1.29 is 114 Å². The molecule has 8 aromatic carbocycles. The lowest BCUT2D eigenvalue weighted by Gasteiger charge is -2.43. The number of piperidine rings is 4. The number of halogens is 3. The highest BCUT2D eigenvalue weighted by Crippen LogP contribution is 2.34. The van der Waals surface area contributed by atoms with E-state index in [1.807, 2.05) is 39.0 Å². The van der Waals surface area contributed by atoms with Crippen molar-refractivity contribution in [1.82, 2.24) is 19.6 Å². The molecule has 0 radical (unpaired) electrons. The number of β-amino-alcohol motifs (C(OH)–C–C–N with tert-alkyl or cyclic N) is 4. The number of benzene rings is 8. The number of rotatable bonds is 40. The van der Waals surface area contributed by atoms with Crippen molar-refractivity contribution >= 4 is 0 Å². The van der Waals surface area contributed by atoms with E-state index in [0.29, 0.717) is 90.2 Å². The van der Waals surface area contributed by atoms with Gasteiger partial charge in [0.25, 0.3) is 0 Å². The second-order valence-electron chi connectivity index (χ2n) is 34.0. The minimum absolute atomic E-state index is 0.205. The number of likely N-dealkylation sites (tertiary alicyclic amines) is 4. The summed E-state index contributed by atoms with van der Waals surface area (Å²) in [6.07, 6.45) is -7.08. The first-order chi connectivity index (χ1) is 61.2. The van der Waals surface area contributed by atoms with Gasteiger partial charge in [0.15, 0.2) is 0 Å². The largest absolute Gasteiger partial charge is 0.416 e. The summed E-state index contributed by atoms with van der Waals surface area (Å²) in [5, 5.41) is 157. The zero-order chi connectivity index (χ0) is 91.4. The SMILES string of the molecule is Cc1cc(COCCCCCN2C[C@H](O)[C@@H](O)[C@H](O)[C@@H]2CO)ccc1-c1ccccc1.Cc1cc(COCCCCCN2C[C@H](O)[C@@H](O)[C@H](O)[C@H]2CO)ccc1-c1ccccc1.Cc1cccc(-c2ccc(COCCCCCN3C[C@H](O)[C@@H](O)[C@H](O)[C@H]3CO)cc2)c1.OC[C@H]1[C@@H](O)[C@H](O)[C@@H](O)CN1CCCCCOCc1ccc(-c2cccc(C(F)(F)F)c2)cc1. The first kappa shape index (κ1) is 103. The lowest BCUT2D eigenvalue weighted by Crippen LogP contribution is -2.62. The summed E-state index contributed by atoms with van der Waals surface area (Å²) in [7, 11) is 0. The van der Waals surface area contributed by atoms with Crippen LogP contribution in [0.1, 0.15) is 122 Å². The summed E-state index contributed by atoms with van der Waals surface area (Å²) in [6, 6.07) is 60.9. The Morgan fingerprint density at radius 2 is 0.567 bits per heavy atom. The van der Waals surface area contributed by atoms with Crippen molar-refractivity contribution in [3.8, 4) is 44.5 Å². The van der Waals surface area contributed by atoms with Crippen molar-refractivity contribution in [3.63, 3.8) is 0 Å². The van der Waals surface area contributed by atoms with Gasteiger partial charge >= 0.3 is 6.18 Å². The summed E-state index contributed by atoms with van der Waals surface area (Å²) in [5.41, 5.74) is 16.0. The third kappa shape index (κ3) is 32.0. The van der Waals surface area contributed by atoms with E-state index in [2.05, 4.69) is 154 Å². The molecule has 0 spiro atoms. The van der Waals surface area contributed by atoms with Crippen molar-refractivity contribution in [1.29, 1.82) is 0 Å². The predicted octanol–water partition coefficient (Wildman–Crippen LogP) is 9.14. The third-order valence-electron chi connectivity index (χ3n) is 24.4. The molecule has 4 aliphatic heterocycles. The molecular formula is C100H137F3N4O20. The number of unbranched alkanes of at least 4 members (excludes halogenated alkanes) is 8. The maximum atomic E-state index is 12.9. The standard InChI is InChI=1S/C25H32F3NO5.3C25H35NO5/c26-25(27,28)20-6-4-5-19(13-20)18-9-7-17(8-10-18)16-34-12-3-1-2-11-29-14-22(31)24(33)23(32)21(29)15-30;2*1-18-14-19(10-11-21(18)20-8-4-2-5-9-20)17-31-13-7-3-6-12-26-15-23(28)25(30)24(29)22(26)16-27;1-18-6-5-7-21(14-18)20-10-8-19(9-11-20)17-31-13-4-2-3-12-26-15-23(28)25(30)24(29)22(26)16-27/h4-10,13,21-24,30-33H,1-3,11-12,14-16H2;2*2,4-5,8-11,14,22-25,27-30H,3,6-7,12-13,15-17H2,1H3;5-11,14,22-25,27-30H,2-4,12-13,15-17H2,1H3/t21-,22-,23+,24+;22-,23+,24-,25-;22-,23-,24+,25+;22-,23+,24-,25-/m0101/s1. The molecule has 0 bridgehead atoms. The molecule has 4 aliphatic rings. The Morgan fingerprint density at radius 3 is 0.858 bits per heavy atom. The highest BCUT2D eigenvalue weighted by Gasteiger charge is 2.44. The number of aryl methyl sites for hydroxylation is 3. The zero-order valence-corrected chi connectivity index (χ0v) is 73.6. The van der Waals surface area contributed by atoms with E-state index in [4.69, 9.17) is 18.9 Å². The van der Waals surface area contributed by atoms with Crippen LogP contribution in [0.3, 0.4) is 0 Å². The van der Waals surface area contributed by atoms with Crippen LogP contribution in [0.2, 0.25) is 0 Å². The molecule has 12 rings (SSSR count). The van der Waals surface area contributed by atoms with Gasteiger partial charge in [-0.05, 0) is 214 Å². The zero-order valence-electron chi connectivity index (χ0n) is 73.6. The van der Waals surface area contributed by atoms with Crippen molar-refractivity contribution in [2.45, 2.75) is 228 Å². The van der Waals surface area contributed by atoms with Crippen LogP contribution < -0.4 is 0 Å². The average molecular weight is 1770 g/mol. The molecule has 4 saturated heterocycles. The first-order valence-corrected chi connectivity index (χ1v) is 44.8. The number of hydrogen-bond acceptors (Lipinski definition) is 24. The third-order valence-corrected chi connectivity index (χ3v) is 24.4. The lowest BCUT2D eigenvalue weighted by molar-refractivity contribution is -0.145. The van der Waals surface area contributed by atoms with Gasteiger partial charge in [0.1, 0.15) is 48.8 Å². The molecule has 698 valence electrons. The van der Waals surface area contributed by atoms with Gasteiger partial charge in [0.05, 0.1) is 107 Å². The Bertz CT molecular complexity index is 4260. The highest BCUT2D eigenvalue weighted by atomic mass is 19.4.